The minimum Gasteiger partial charge on any atom is -0.270 e. The maximum atomic E-state index is 3.26. The first-order valence-electron chi connectivity index (χ1n) is 8.30. The van der Waals surface area contributed by atoms with Crippen LogP contribution in [0.4, 0.5) is 0 Å². The van der Waals surface area contributed by atoms with Gasteiger partial charge in [-0.3, -0.25) is 6.08 Å². The molecular weight excluding hydrogens is 367 g/mol. The van der Waals surface area contributed by atoms with E-state index in [2.05, 4.69) is 101 Å². The van der Waals surface area contributed by atoms with Crippen molar-refractivity contribution in [1.29, 1.82) is 0 Å². The number of hydrogen-bond acceptors (Lipinski definition) is 0. The van der Waals surface area contributed by atoms with Gasteiger partial charge < -0.3 is 0 Å². The molecule has 1 aliphatic carbocycles. The zero-order valence-corrected chi connectivity index (χ0v) is 17.4. The van der Waals surface area contributed by atoms with E-state index < -0.39 is 0 Å². The second-order valence-corrected chi connectivity index (χ2v) is 7.29. The van der Waals surface area contributed by atoms with Gasteiger partial charge in [0.2, 0.25) is 0 Å². The van der Waals surface area contributed by atoms with Gasteiger partial charge in [0.15, 0.2) is 0 Å². The molecule has 0 aromatic heterocycles. The number of hydrogen-bond donors (Lipinski definition) is 0. The van der Waals surface area contributed by atoms with E-state index >= 15 is 0 Å². The van der Waals surface area contributed by atoms with Crippen molar-refractivity contribution in [3.63, 3.8) is 0 Å². The molecule has 24 heavy (non-hydrogen) atoms. The average molecular weight is 392 g/mol. The Bertz CT molecular complexity index is 821. The van der Waals surface area contributed by atoms with Crippen molar-refractivity contribution in [3.05, 3.63) is 78.4 Å². The topological polar surface area (TPSA) is 0 Å². The van der Waals surface area contributed by atoms with Gasteiger partial charge in [0, 0.05) is 0 Å². The maximum absolute atomic E-state index is 3.26. The molecule has 0 N–H and O–H groups in total. The summed E-state index contributed by atoms with van der Waals surface area (Å²) in [6, 6.07) is 19.3. The van der Waals surface area contributed by atoms with Crippen molar-refractivity contribution in [1.82, 2.24) is 0 Å². The van der Waals surface area contributed by atoms with E-state index in [0.717, 1.165) is 0 Å². The molecule has 0 bridgehead atoms. The fraction of sp³-hybridized carbons (Fsp3) is 0.261. The predicted octanol–water partition coefficient (Wildman–Crippen LogP) is 6.68. The van der Waals surface area contributed by atoms with Crippen LogP contribution in [0.1, 0.15) is 27.7 Å². The summed E-state index contributed by atoms with van der Waals surface area (Å²) in [5.74, 6) is 0.522. The van der Waals surface area contributed by atoms with Gasteiger partial charge in [-0.2, -0.15) is 11.6 Å². The van der Waals surface area contributed by atoms with Crippen LogP contribution in [0.5, 0.6) is 0 Å². The number of fused-ring (bicyclic) bond motifs is 3. The molecule has 3 aromatic carbocycles. The Morgan fingerprint density at radius 3 is 1.75 bits per heavy atom. The monoisotopic (exact) mass is 390 g/mol. The Balaban J connectivity index is 0.000000173. The minimum atomic E-state index is 0. The van der Waals surface area contributed by atoms with Crippen molar-refractivity contribution in [2.75, 3.05) is 0 Å². The van der Waals surface area contributed by atoms with Crippen molar-refractivity contribution < 1.29 is 26.2 Å². The van der Waals surface area contributed by atoms with E-state index in [1.165, 1.54) is 27.1 Å². The van der Waals surface area contributed by atoms with Gasteiger partial charge in [-0.1, -0.05) is 75.4 Å². The third kappa shape index (κ3) is 4.19. The second kappa shape index (κ2) is 7.70. The number of rotatable bonds is 0. The molecule has 4 rings (SSSR count). The summed E-state index contributed by atoms with van der Waals surface area (Å²) < 4.78 is 0. The summed E-state index contributed by atoms with van der Waals surface area (Å²) in [5, 5.41) is 5.39. The number of allylic oxidation sites excluding steroid dienone is 4. The van der Waals surface area contributed by atoms with E-state index in [4.69, 9.17) is 0 Å². The number of benzene rings is 2. The third-order valence-corrected chi connectivity index (χ3v) is 4.32. The largest absolute Gasteiger partial charge is 2.00 e. The predicted molar refractivity (Wildman–Crippen MR) is 102 cm³/mol. The van der Waals surface area contributed by atoms with Crippen LogP contribution in [-0.2, 0) is 26.2 Å². The molecule has 0 spiro atoms. The van der Waals surface area contributed by atoms with E-state index in [9.17, 15) is 0 Å². The Morgan fingerprint density at radius 1 is 0.875 bits per heavy atom. The standard InChI is InChI=1S/C13H9.C10H15.Zr/c1-3-7-12-10(5-1)9-11-6-2-4-8-13(11)12;1-8-5-6-9(7-8)10(2,3)4;/h1-9H;6-8H,1-4H3;/q2*-1;+2. The van der Waals surface area contributed by atoms with Gasteiger partial charge in [0.05, 0.1) is 0 Å². The first-order chi connectivity index (χ1) is 10.9. The maximum Gasteiger partial charge on any atom is 2.00 e. The van der Waals surface area contributed by atoms with Gasteiger partial charge in [0.1, 0.15) is 0 Å². The van der Waals surface area contributed by atoms with Crippen molar-refractivity contribution in [3.8, 4) is 0 Å². The molecule has 1 unspecified atom stereocenters. The molecule has 0 heterocycles. The minimum absolute atomic E-state index is 0. The summed E-state index contributed by atoms with van der Waals surface area (Å²) >= 11 is 0. The van der Waals surface area contributed by atoms with Crippen LogP contribution in [0.15, 0.2) is 72.3 Å². The molecule has 1 aliphatic rings. The molecule has 0 nitrogen and oxygen atoms in total. The fourth-order valence-electron chi connectivity index (χ4n) is 2.96. The van der Waals surface area contributed by atoms with Crippen LogP contribution < -0.4 is 0 Å². The van der Waals surface area contributed by atoms with Crippen molar-refractivity contribution in [2.45, 2.75) is 27.7 Å². The molecule has 1 atom stereocenters. The Hall–Kier alpha value is -1.33. The normalized spacial score (nSPS) is 16.5. The molecule has 0 amide bonds. The van der Waals surface area contributed by atoms with E-state index in [1.54, 1.807) is 0 Å². The molecule has 0 saturated carbocycles. The van der Waals surface area contributed by atoms with Crippen LogP contribution in [0.2, 0.25) is 0 Å². The van der Waals surface area contributed by atoms with Gasteiger partial charge in [-0.15, -0.1) is 39.7 Å². The van der Waals surface area contributed by atoms with Crippen LogP contribution >= 0.6 is 0 Å². The van der Waals surface area contributed by atoms with Crippen LogP contribution in [0, 0.1) is 17.4 Å². The molecule has 1 heteroatoms. The molecular formula is C23H24Zr. The third-order valence-electron chi connectivity index (χ3n) is 4.32. The van der Waals surface area contributed by atoms with Gasteiger partial charge in [0.25, 0.3) is 0 Å². The van der Waals surface area contributed by atoms with E-state index in [0.29, 0.717) is 11.3 Å². The first kappa shape index (κ1) is 19.0. The molecule has 0 aliphatic heterocycles. The van der Waals surface area contributed by atoms with Crippen LogP contribution in [0.25, 0.3) is 21.5 Å². The molecule has 3 aromatic rings. The van der Waals surface area contributed by atoms with Crippen molar-refractivity contribution in [2.24, 2.45) is 11.3 Å². The van der Waals surface area contributed by atoms with E-state index in [1.807, 2.05) is 0 Å². The van der Waals surface area contributed by atoms with Crippen molar-refractivity contribution >= 4 is 21.5 Å². The first-order valence-corrected chi connectivity index (χ1v) is 8.30. The molecule has 0 radical (unpaired) electrons. The Morgan fingerprint density at radius 2 is 1.38 bits per heavy atom. The van der Waals surface area contributed by atoms with Gasteiger partial charge >= 0.3 is 26.2 Å². The zero-order chi connectivity index (χ0) is 16.4. The summed E-state index contributed by atoms with van der Waals surface area (Å²) in [6.07, 6.45) is 7.65. The quantitative estimate of drug-likeness (QED) is 0.375. The Kier molecular flexibility index (Phi) is 6.10. The van der Waals surface area contributed by atoms with Gasteiger partial charge in [-0.05, 0) is 0 Å². The van der Waals surface area contributed by atoms with Crippen LogP contribution in [0.3, 0.4) is 0 Å². The van der Waals surface area contributed by atoms with E-state index in [-0.39, 0.29) is 26.2 Å². The zero-order valence-electron chi connectivity index (χ0n) is 14.9. The summed E-state index contributed by atoms with van der Waals surface area (Å²) in [6.45, 7) is 8.86. The fourth-order valence-corrected chi connectivity index (χ4v) is 2.96. The SMILES string of the molecule is CC1[C-]=CC(C(C)(C)C)=C1.[Zr+2].c1ccc2c(c1)[cH-]c1ccccc12. The average Bonchev–Trinajstić information content (AvgIpc) is 3.11. The molecule has 0 saturated heterocycles. The summed E-state index contributed by atoms with van der Waals surface area (Å²) in [5.41, 5.74) is 1.72. The second-order valence-electron chi connectivity index (χ2n) is 7.29. The smallest absolute Gasteiger partial charge is 0.270 e. The Labute approximate surface area is 164 Å². The summed E-state index contributed by atoms with van der Waals surface area (Å²) in [4.78, 5) is 0. The summed E-state index contributed by atoms with van der Waals surface area (Å²) in [7, 11) is 0. The molecule has 120 valence electrons. The molecule has 0 fully saturated rings. The van der Waals surface area contributed by atoms with Crippen LogP contribution in [-0.4, -0.2) is 0 Å². The van der Waals surface area contributed by atoms with Gasteiger partial charge in [-0.25, -0.2) is 6.08 Å².